The van der Waals surface area contributed by atoms with Crippen molar-refractivity contribution in [2.75, 3.05) is 13.1 Å². The van der Waals surface area contributed by atoms with E-state index >= 15 is 0 Å². The van der Waals surface area contributed by atoms with Gasteiger partial charge in [-0.1, -0.05) is 31.2 Å². The van der Waals surface area contributed by atoms with E-state index in [1.54, 1.807) is 0 Å². The molecule has 0 saturated carbocycles. The number of aryl methyl sites for hydroxylation is 1. The number of pyridine rings is 1. The van der Waals surface area contributed by atoms with Crippen LogP contribution in [0.1, 0.15) is 36.6 Å². The molecule has 4 heteroatoms. The second-order valence-electron chi connectivity index (χ2n) is 6.84. The van der Waals surface area contributed by atoms with Crippen molar-refractivity contribution in [1.29, 1.82) is 5.26 Å². The SMILES string of the molecule is Cc1cc(-c2ccc(CN3CCC(C)CC3)cc2)c(C#N)c(=O)[nH]1. The number of aromatic amines is 1. The Morgan fingerprint density at radius 1 is 1.25 bits per heavy atom. The Balaban J connectivity index is 1.80. The summed E-state index contributed by atoms with van der Waals surface area (Å²) in [6.07, 6.45) is 2.55. The van der Waals surface area contributed by atoms with Crippen molar-refractivity contribution in [3.8, 4) is 17.2 Å². The molecular formula is C20H23N3O. The van der Waals surface area contributed by atoms with E-state index in [0.717, 1.165) is 36.8 Å². The Morgan fingerprint density at radius 3 is 2.54 bits per heavy atom. The van der Waals surface area contributed by atoms with Crippen molar-refractivity contribution in [2.24, 2.45) is 5.92 Å². The zero-order chi connectivity index (χ0) is 17.1. The van der Waals surface area contributed by atoms with Gasteiger partial charge in [0.1, 0.15) is 11.6 Å². The predicted octanol–water partition coefficient (Wildman–Crippen LogP) is 3.45. The third-order valence-electron chi connectivity index (χ3n) is 4.83. The number of piperidine rings is 1. The molecule has 1 fully saturated rings. The summed E-state index contributed by atoms with van der Waals surface area (Å²) in [6.45, 7) is 7.44. The Bertz CT molecular complexity index is 806. The molecule has 1 N–H and O–H groups in total. The van der Waals surface area contributed by atoms with Gasteiger partial charge in [-0.3, -0.25) is 9.69 Å². The highest BCUT2D eigenvalue weighted by atomic mass is 16.1. The highest BCUT2D eigenvalue weighted by Gasteiger charge is 2.16. The fourth-order valence-corrected chi connectivity index (χ4v) is 3.30. The lowest BCUT2D eigenvalue weighted by Crippen LogP contribution is -2.32. The van der Waals surface area contributed by atoms with Gasteiger partial charge < -0.3 is 4.98 Å². The minimum absolute atomic E-state index is 0.179. The highest BCUT2D eigenvalue weighted by molar-refractivity contribution is 5.70. The van der Waals surface area contributed by atoms with Crippen LogP contribution in [0.15, 0.2) is 35.1 Å². The van der Waals surface area contributed by atoms with Crippen LogP contribution in [-0.4, -0.2) is 23.0 Å². The Kier molecular flexibility index (Phi) is 4.82. The molecule has 1 saturated heterocycles. The summed E-state index contributed by atoms with van der Waals surface area (Å²) in [5.74, 6) is 0.840. The van der Waals surface area contributed by atoms with Gasteiger partial charge in [0.15, 0.2) is 0 Å². The van der Waals surface area contributed by atoms with Crippen LogP contribution >= 0.6 is 0 Å². The van der Waals surface area contributed by atoms with Gasteiger partial charge in [0, 0.05) is 17.8 Å². The molecule has 0 amide bonds. The maximum Gasteiger partial charge on any atom is 0.266 e. The average molecular weight is 321 g/mol. The third-order valence-corrected chi connectivity index (χ3v) is 4.83. The van der Waals surface area contributed by atoms with Gasteiger partial charge in [-0.25, -0.2) is 0 Å². The zero-order valence-electron chi connectivity index (χ0n) is 14.3. The standard InChI is InChI=1S/C20H23N3O/c1-14-7-9-23(10-8-14)13-16-3-5-17(6-4-16)18-11-15(2)22-20(24)19(18)12-21/h3-6,11,14H,7-10,13H2,1-2H3,(H,22,24). The molecule has 0 unspecified atom stereocenters. The van der Waals surface area contributed by atoms with Gasteiger partial charge in [0.2, 0.25) is 0 Å². The van der Waals surface area contributed by atoms with E-state index in [-0.39, 0.29) is 11.1 Å². The molecule has 0 spiro atoms. The van der Waals surface area contributed by atoms with Crippen molar-refractivity contribution in [3.63, 3.8) is 0 Å². The third kappa shape index (κ3) is 3.58. The van der Waals surface area contributed by atoms with E-state index < -0.39 is 0 Å². The first-order valence-corrected chi connectivity index (χ1v) is 8.52. The van der Waals surface area contributed by atoms with E-state index in [2.05, 4.69) is 28.9 Å². The number of likely N-dealkylation sites (tertiary alicyclic amines) is 1. The Hall–Kier alpha value is -2.38. The van der Waals surface area contributed by atoms with E-state index in [1.807, 2.05) is 31.2 Å². The molecule has 0 atom stereocenters. The predicted molar refractivity (Wildman–Crippen MR) is 95.6 cm³/mol. The van der Waals surface area contributed by atoms with Crippen LogP contribution in [0, 0.1) is 24.2 Å². The number of nitriles is 1. The summed E-state index contributed by atoms with van der Waals surface area (Å²) in [7, 11) is 0. The van der Waals surface area contributed by atoms with Crippen LogP contribution in [0.4, 0.5) is 0 Å². The fraction of sp³-hybridized carbons (Fsp3) is 0.400. The normalized spacial score (nSPS) is 16.0. The molecule has 0 aliphatic carbocycles. The number of nitrogens with one attached hydrogen (secondary N) is 1. The molecule has 24 heavy (non-hydrogen) atoms. The summed E-state index contributed by atoms with van der Waals surface area (Å²) < 4.78 is 0. The molecule has 0 bridgehead atoms. The van der Waals surface area contributed by atoms with Crippen molar-refractivity contribution in [2.45, 2.75) is 33.2 Å². The van der Waals surface area contributed by atoms with Crippen molar-refractivity contribution >= 4 is 0 Å². The zero-order valence-corrected chi connectivity index (χ0v) is 14.3. The number of nitrogens with zero attached hydrogens (tertiary/aromatic N) is 2. The molecule has 1 aliphatic heterocycles. The quantitative estimate of drug-likeness (QED) is 0.942. The van der Waals surface area contributed by atoms with E-state index in [1.165, 1.54) is 18.4 Å². The number of rotatable bonds is 3. The van der Waals surface area contributed by atoms with Crippen LogP contribution in [0.25, 0.3) is 11.1 Å². The van der Waals surface area contributed by atoms with Gasteiger partial charge in [0.05, 0.1) is 0 Å². The summed E-state index contributed by atoms with van der Waals surface area (Å²) in [5.41, 5.74) is 3.51. The number of aromatic nitrogens is 1. The lowest BCUT2D eigenvalue weighted by molar-refractivity contribution is 0.185. The summed E-state index contributed by atoms with van der Waals surface area (Å²) >= 11 is 0. The van der Waals surface area contributed by atoms with Crippen LogP contribution in [0.5, 0.6) is 0 Å². The molecule has 1 aliphatic rings. The summed E-state index contributed by atoms with van der Waals surface area (Å²) in [5, 5.41) is 9.27. The fourth-order valence-electron chi connectivity index (χ4n) is 3.30. The maximum absolute atomic E-state index is 11.9. The molecule has 124 valence electrons. The molecule has 4 nitrogen and oxygen atoms in total. The van der Waals surface area contributed by atoms with Crippen molar-refractivity contribution in [1.82, 2.24) is 9.88 Å². The largest absolute Gasteiger partial charge is 0.325 e. The van der Waals surface area contributed by atoms with Crippen LogP contribution in [0.2, 0.25) is 0 Å². The van der Waals surface area contributed by atoms with Gasteiger partial charge >= 0.3 is 0 Å². The topological polar surface area (TPSA) is 59.9 Å². The van der Waals surface area contributed by atoms with E-state index in [4.69, 9.17) is 0 Å². The molecular weight excluding hydrogens is 298 g/mol. The highest BCUT2D eigenvalue weighted by Crippen LogP contribution is 2.23. The Labute approximate surface area is 142 Å². The molecule has 2 heterocycles. The molecule has 1 aromatic carbocycles. The van der Waals surface area contributed by atoms with E-state index in [0.29, 0.717) is 5.56 Å². The first kappa shape index (κ1) is 16.5. The Morgan fingerprint density at radius 2 is 1.92 bits per heavy atom. The minimum atomic E-state index is -0.320. The average Bonchev–Trinajstić information content (AvgIpc) is 2.57. The smallest absolute Gasteiger partial charge is 0.266 e. The van der Waals surface area contributed by atoms with E-state index in [9.17, 15) is 10.1 Å². The maximum atomic E-state index is 11.9. The van der Waals surface area contributed by atoms with Gasteiger partial charge in [-0.15, -0.1) is 0 Å². The molecule has 1 aromatic heterocycles. The number of hydrogen-bond donors (Lipinski definition) is 1. The molecule has 3 rings (SSSR count). The van der Waals surface area contributed by atoms with Gasteiger partial charge in [-0.05, 0) is 56.0 Å². The van der Waals surface area contributed by atoms with Crippen LogP contribution in [0.3, 0.4) is 0 Å². The van der Waals surface area contributed by atoms with Crippen LogP contribution < -0.4 is 5.56 Å². The van der Waals surface area contributed by atoms with Crippen molar-refractivity contribution in [3.05, 3.63) is 57.5 Å². The second kappa shape index (κ2) is 7.02. The minimum Gasteiger partial charge on any atom is -0.325 e. The van der Waals surface area contributed by atoms with Crippen molar-refractivity contribution < 1.29 is 0 Å². The molecule has 0 radical (unpaired) electrons. The number of hydrogen-bond acceptors (Lipinski definition) is 3. The monoisotopic (exact) mass is 321 g/mol. The summed E-state index contributed by atoms with van der Waals surface area (Å²) in [4.78, 5) is 17.1. The lowest BCUT2D eigenvalue weighted by atomic mass is 9.98. The van der Waals surface area contributed by atoms with Gasteiger partial charge in [-0.2, -0.15) is 5.26 Å². The van der Waals surface area contributed by atoms with Crippen LogP contribution in [-0.2, 0) is 6.54 Å². The molecule has 2 aromatic rings. The number of benzene rings is 1. The lowest BCUT2D eigenvalue weighted by Gasteiger charge is -2.30. The first-order valence-electron chi connectivity index (χ1n) is 8.52. The van der Waals surface area contributed by atoms with Gasteiger partial charge in [0.25, 0.3) is 5.56 Å². The number of H-pyrrole nitrogens is 1. The first-order chi connectivity index (χ1) is 11.6. The summed E-state index contributed by atoms with van der Waals surface area (Å²) in [6, 6.07) is 12.1. The second-order valence-corrected chi connectivity index (χ2v) is 6.84.